The lowest BCUT2D eigenvalue weighted by Crippen LogP contribution is -2.45. The van der Waals surface area contributed by atoms with Crippen LogP contribution in [0.2, 0.25) is 0 Å². The van der Waals surface area contributed by atoms with Gasteiger partial charge in [-0.2, -0.15) is 4.98 Å². The Kier molecular flexibility index (Phi) is 7.61. The molecule has 248 valence electrons. The van der Waals surface area contributed by atoms with Crippen LogP contribution >= 0.6 is 14.5 Å². The number of nitrogens with zero attached hydrogens (tertiary/aromatic N) is 6. The molecule has 4 bridgehead atoms. The molecule has 3 aliphatic rings. The molecule has 0 amide bonds. The first-order valence-corrected chi connectivity index (χ1v) is 17.6. The molecule has 3 aliphatic heterocycles. The van der Waals surface area contributed by atoms with Crippen molar-refractivity contribution in [2.45, 2.75) is 55.5 Å². The summed E-state index contributed by atoms with van der Waals surface area (Å²) in [5, 5.41) is 22.7. The third-order valence-electron chi connectivity index (χ3n) is 7.88. The average Bonchev–Trinajstić information content (AvgIpc) is 3.73. The number of aromatic amines is 1. The molecule has 0 radical (unpaired) electrons. The van der Waals surface area contributed by atoms with Gasteiger partial charge in [-0.25, -0.2) is 19.5 Å². The quantitative estimate of drug-likeness (QED) is 0.120. The molecule has 0 spiro atoms. The molecule has 7 heterocycles. The molecule has 7 rings (SSSR count). The molecule has 3 saturated heterocycles. The molecule has 4 aromatic rings. The summed E-state index contributed by atoms with van der Waals surface area (Å²) < 4.78 is 50.0. The van der Waals surface area contributed by atoms with E-state index in [1.54, 1.807) is 0 Å². The maximum absolute atomic E-state index is 13.3. The van der Waals surface area contributed by atoms with Gasteiger partial charge in [0, 0.05) is 6.20 Å². The van der Waals surface area contributed by atoms with Crippen molar-refractivity contribution in [3.05, 3.63) is 35.3 Å². The summed E-state index contributed by atoms with van der Waals surface area (Å²) in [5.41, 5.74) is 9.71. The Labute approximate surface area is 261 Å². The number of nitrogen functional groups attached to an aromatic ring is 2. The van der Waals surface area contributed by atoms with E-state index in [2.05, 4.69) is 24.9 Å². The summed E-state index contributed by atoms with van der Waals surface area (Å²) in [5.74, 6) is -0.162. The molecule has 10 atom stereocenters. The van der Waals surface area contributed by atoms with Gasteiger partial charge >= 0.3 is 14.5 Å². The van der Waals surface area contributed by atoms with E-state index in [1.807, 2.05) is 0 Å². The van der Waals surface area contributed by atoms with Crippen molar-refractivity contribution in [1.82, 2.24) is 34.1 Å². The number of nitrogens with two attached hydrogens (primary N) is 2. The monoisotopic (exact) mass is 703 g/mol. The van der Waals surface area contributed by atoms with E-state index in [1.165, 1.54) is 41.0 Å². The minimum atomic E-state index is -5.05. The summed E-state index contributed by atoms with van der Waals surface area (Å²) in [6.07, 6.45) is -6.65. The number of rotatable bonds is 2. The van der Waals surface area contributed by atoms with Crippen molar-refractivity contribution in [3.8, 4) is 0 Å². The van der Waals surface area contributed by atoms with Gasteiger partial charge in [-0.3, -0.25) is 27.9 Å². The van der Waals surface area contributed by atoms with Gasteiger partial charge in [-0.05, 0) is 24.8 Å². The molecule has 24 heteroatoms. The summed E-state index contributed by atoms with van der Waals surface area (Å²) in [7, 11) is -5.05. The lowest BCUT2D eigenvalue weighted by molar-refractivity contribution is -0.114. The zero-order valence-electron chi connectivity index (χ0n) is 23.5. The van der Waals surface area contributed by atoms with Crippen LogP contribution in [0.5, 0.6) is 0 Å². The van der Waals surface area contributed by atoms with Crippen LogP contribution in [0, 0.1) is 0 Å². The van der Waals surface area contributed by atoms with Crippen molar-refractivity contribution < 1.29 is 52.1 Å². The summed E-state index contributed by atoms with van der Waals surface area (Å²) in [6, 6.07) is 1.41. The molecule has 21 nitrogen and oxygen atoms in total. The second kappa shape index (κ2) is 11.1. The molecular formula is C22H27N9O12P2S. The maximum atomic E-state index is 13.3. The van der Waals surface area contributed by atoms with Crippen molar-refractivity contribution >= 4 is 60.3 Å². The third-order valence-corrected chi connectivity index (χ3v) is 10.4. The second-order valence-corrected chi connectivity index (χ2v) is 15.2. The minimum absolute atomic E-state index is 0.0429. The van der Waals surface area contributed by atoms with Crippen molar-refractivity contribution in [3.63, 3.8) is 0 Å². The van der Waals surface area contributed by atoms with Crippen molar-refractivity contribution in [2.75, 3.05) is 24.7 Å². The van der Waals surface area contributed by atoms with Crippen molar-refractivity contribution in [1.29, 1.82) is 0 Å². The molecule has 9 N–H and O–H groups in total. The van der Waals surface area contributed by atoms with Gasteiger partial charge in [0.2, 0.25) is 5.95 Å². The van der Waals surface area contributed by atoms with Gasteiger partial charge in [-0.1, -0.05) is 0 Å². The summed E-state index contributed by atoms with van der Waals surface area (Å²) >= 11 is 5.27. The molecular weight excluding hydrogens is 676 g/mol. The second-order valence-electron chi connectivity index (χ2n) is 11.0. The fourth-order valence-electron chi connectivity index (χ4n) is 5.62. The van der Waals surface area contributed by atoms with E-state index in [9.17, 15) is 29.4 Å². The molecule has 7 unspecified atom stereocenters. The van der Waals surface area contributed by atoms with E-state index < -0.39 is 81.9 Å². The molecule has 0 saturated carbocycles. The van der Waals surface area contributed by atoms with E-state index >= 15 is 0 Å². The van der Waals surface area contributed by atoms with E-state index in [0.717, 1.165) is 0 Å². The zero-order chi connectivity index (χ0) is 32.8. The Balaban J connectivity index is 1.25. The van der Waals surface area contributed by atoms with E-state index in [0.29, 0.717) is 0 Å². The van der Waals surface area contributed by atoms with Crippen LogP contribution in [-0.2, 0) is 43.9 Å². The molecule has 46 heavy (non-hydrogen) atoms. The highest BCUT2D eigenvalue weighted by Gasteiger charge is 2.57. The number of hydrogen-bond acceptors (Lipinski definition) is 17. The number of ether oxygens (including phenoxy) is 2. The third kappa shape index (κ3) is 5.34. The Morgan fingerprint density at radius 3 is 2.65 bits per heavy atom. The van der Waals surface area contributed by atoms with E-state index in [-0.39, 0.29) is 34.0 Å². The SMILES string of the molecule is C[C@@]12COP(O)(=S)OC3C(O)C(COP(=O)(O)OC(C1O)[C@H](n1cnc4c(N)ncnc41)O2)O[C@H]3n1ccc2c(=O)[nH]c(N)nc21. The van der Waals surface area contributed by atoms with Crippen LogP contribution < -0.4 is 17.0 Å². The number of hydrogen-bond donors (Lipinski definition) is 7. The number of nitrogens with one attached hydrogen (secondary N) is 1. The van der Waals surface area contributed by atoms with Crippen LogP contribution in [0.25, 0.3) is 22.2 Å². The number of imidazole rings is 1. The number of aromatic nitrogens is 7. The van der Waals surface area contributed by atoms with Gasteiger partial charge in [-0.15, -0.1) is 0 Å². The fraction of sp³-hybridized carbons (Fsp3) is 0.500. The van der Waals surface area contributed by atoms with Gasteiger partial charge in [0.05, 0.1) is 24.9 Å². The van der Waals surface area contributed by atoms with Crippen LogP contribution in [0.4, 0.5) is 11.8 Å². The van der Waals surface area contributed by atoms with Gasteiger partial charge in [0.15, 0.2) is 29.6 Å². The number of H-pyrrole nitrogens is 1. The Morgan fingerprint density at radius 1 is 1.09 bits per heavy atom. The van der Waals surface area contributed by atoms with Gasteiger partial charge < -0.3 is 50.0 Å². The molecule has 3 fully saturated rings. The smallest absolute Gasteiger partial charge is 0.387 e. The Morgan fingerprint density at radius 2 is 1.87 bits per heavy atom. The predicted molar refractivity (Wildman–Crippen MR) is 157 cm³/mol. The predicted octanol–water partition coefficient (Wildman–Crippen LogP) is -1.23. The molecule has 0 aromatic carbocycles. The van der Waals surface area contributed by atoms with Crippen LogP contribution in [0.3, 0.4) is 0 Å². The van der Waals surface area contributed by atoms with Gasteiger partial charge in [0.1, 0.15) is 48.0 Å². The molecule has 0 aliphatic carbocycles. The highest BCUT2D eigenvalue weighted by atomic mass is 32.5. The lowest BCUT2D eigenvalue weighted by atomic mass is 9.99. The highest BCUT2D eigenvalue weighted by molar-refractivity contribution is 8.07. The number of anilines is 2. The number of aliphatic hydroxyl groups is 2. The molecule has 4 aromatic heterocycles. The van der Waals surface area contributed by atoms with Gasteiger partial charge in [0.25, 0.3) is 5.56 Å². The maximum Gasteiger partial charge on any atom is 0.472 e. The van der Waals surface area contributed by atoms with Crippen LogP contribution in [-0.4, -0.2) is 103 Å². The fourth-order valence-corrected chi connectivity index (χ4v) is 8.02. The highest BCUT2D eigenvalue weighted by Crippen LogP contribution is 2.55. The Bertz CT molecular complexity index is 1990. The van der Waals surface area contributed by atoms with Crippen molar-refractivity contribution in [2.24, 2.45) is 0 Å². The Hall–Kier alpha value is -2.95. The topological polar surface area (TPSA) is 300 Å². The number of fused-ring (bicyclic) bond motifs is 6. The zero-order valence-corrected chi connectivity index (χ0v) is 26.1. The first-order valence-electron chi connectivity index (χ1n) is 13.5. The number of phosphoric acid groups is 1. The van der Waals surface area contributed by atoms with E-state index in [4.69, 9.17) is 50.8 Å². The first kappa shape index (κ1) is 31.6. The minimum Gasteiger partial charge on any atom is -0.387 e. The average molecular weight is 704 g/mol. The largest absolute Gasteiger partial charge is 0.472 e. The standard InChI is InChI=1S/C22H27N9O12P2S/c1-22-5-39-45(37,46)43-12-11(32)9(40-19(12)30-3-2-8-16(30)28-21(24)29-18(8)34)4-38-44(35,36)42-13(14(22)33)20(41-22)31-7-27-10-15(23)25-6-26-17(10)31/h2-3,6-7,9,11-14,19-20,32-33H,4-5H2,1H3,(H,35,36)(H,37,46)(H2,23,25,26)(H3,24,28,29,34)/t9?,11?,12?,13?,14?,19-,20-,22-,45?/m1/s1. The first-order chi connectivity index (χ1) is 21.7. The number of phosphoric ester groups is 1. The van der Waals surface area contributed by atoms with Crippen LogP contribution in [0.15, 0.2) is 29.7 Å². The lowest BCUT2D eigenvalue weighted by Gasteiger charge is -2.31. The van der Waals surface area contributed by atoms with Crippen LogP contribution in [0.1, 0.15) is 19.4 Å². The number of aliphatic hydroxyl groups excluding tert-OH is 2. The summed E-state index contributed by atoms with van der Waals surface area (Å²) in [4.78, 5) is 53.0. The summed E-state index contributed by atoms with van der Waals surface area (Å²) in [6.45, 7) is -4.28. The normalized spacial score (nSPS) is 38.8.